The summed E-state index contributed by atoms with van der Waals surface area (Å²) in [6.07, 6.45) is 3.91. The van der Waals surface area contributed by atoms with Crippen molar-refractivity contribution in [1.29, 1.82) is 0 Å². The zero-order valence-corrected chi connectivity index (χ0v) is 9.87. The molecule has 90 valence electrons. The molecule has 0 aliphatic heterocycles. The van der Waals surface area contributed by atoms with E-state index in [9.17, 15) is 0 Å². The van der Waals surface area contributed by atoms with Crippen molar-refractivity contribution in [1.82, 2.24) is 9.97 Å². The summed E-state index contributed by atoms with van der Waals surface area (Å²) in [6, 6.07) is 11.9. The second-order valence-electron chi connectivity index (χ2n) is 4.16. The van der Waals surface area contributed by atoms with Crippen LogP contribution in [0.2, 0.25) is 0 Å². The fourth-order valence-corrected chi connectivity index (χ4v) is 2.01. The van der Waals surface area contributed by atoms with Gasteiger partial charge in [0.2, 0.25) is 0 Å². The quantitative estimate of drug-likeness (QED) is 0.682. The number of pyridine rings is 1. The number of imidazole rings is 1. The van der Waals surface area contributed by atoms with E-state index >= 15 is 0 Å². The van der Waals surface area contributed by atoms with Crippen LogP contribution in [0, 0.1) is 0 Å². The maximum Gasteiger partial charge on any atom is 0.179 e. The molecule has 2 heterocycles. The number of aliphatic hydroxyl groups excluding tert-OH is 1. The van der Waals surface area contributed by atoms with Gasteiger partial charge >= 0.3 is 0 Å². The number of fused-ring (bicyclic) bond motifs is 1. The Balaban J connectivity index is 2.05. The SMILES string of the molecule is OCC[n+]1cccc(-c2nc3ccccc3[nH]2)c1. The minimum atomic E-state index is 0.133. The Bertz CT molecular complexity index is 642. The lowest BCUT2D eigenvalue weighted by Gasteiger charge is -1.96. The maximum absolute atomic E-state index is 8.95. The lowest BCUT2D eigenvalue weighted by Crippen LogP contribution is -2.34. The molecule has 0 unspecified atom stereocenters. The Morgan fingerprint density at radius 3 is 2.89 bits per heavy atom. The molecule has 0 fully saturated rings. The number of benzene rings is 1. The lowest BCUT2D eigenvalue weighted by atomic mass is 10.2. The minimum absolute atomic E-state index is 0.133. The second-order valence-corrected chi connectivity index (χ2v) is 4.16. The van der Waals surface area contributed by atoms with Crippen LogP contribution < -0.4 is 4.57 Å². The summed E-state index contributed by atoms with van der Waals surface area (Å²) in [5.41, 5.74) is 3.01. The number of H-pyrrole nitrogens is 1. The highest BCUT2D eigenvalue weighted by molar-refractivity contribution is 5.78. The highest BCUT2D eigenvalue weighted by Gasteiger charge is 2.08. The molecule has 4 heteroatoms. The first-order valence-electron chi connectivity index (χ1n) is 5.92. The Hall–Kier alpha value is -2.20. The highest BCUT2D eigenvalue weighted by atomic mass is 16.3. The topological polar surface area (TPSA) is 52.8 Å². The predicted octanol–water partition coefficient (Wildman–Crippen LogP) is 1.51. The fraction of sp³-hybridized carbons (Fsp3) is 0.143. The molecular formula is C14H14N3O+. The third kappa shape index (κ3) is 1.98. The van der Waals surface area contributed by atoms with E-state index < -0.39 is 0 Å². The van der Waals surface area contributed by atoms with Crippen molar-refractivity contribution in [2.45, 2.75) is 6.54 Å². The van der Waals surface area contributed by atoms with Gasteiger partial charge in [-0.3, -0.25) is 0 Å². The summed E-state index contributed by atoms with van der Waals surface area (Å²) in [5.74, 6) is 0.850. The lowest BCUT2D eigenvalue weighted by molar-refractivity contribution is -0.697. The van der Waals surface area contributed by atoms with Gasteiger partial charge in [0, 0.05) is 6.07 Å². The van der Waals surface area contributed by atoms with Gasteiger partial charge in [-0.15, -0.1) is 0 Å². The summed E-state index contributed by atoms with van der Waals surface area (Å²) in [5, 5.41) is 8.95. The highest BCUT2D eigenvalue weighted by Crippen LogP contribution is 2.18. The Labute approximate surface area is 105 Å². The van der Waals surface area contributed by atoms with E-state index in [1.807, 2.05) is 53.4 Å². The molecule has 0 saturated carbocycles. The standard InChI is InChI=1S/C14H14N3O/c18-9-8-17-7-3-4-11(10-17)14-15-12-5-1-2-6-13(12)16-14/h1-7,10,18H,8-9H2,(H,15,16)/q+1. The fourth-order valence-electron chi connectivity index (χ4n) is 2.01. The molecule has 0 amide bonds. The number of aliphatic hydroxyl groups is 1. The van der Waals surface area contributed by atoms with Crippen molar-refractivity contribution >= 4 is 11.0 Å². The van der Waals surface area contributed by atoms with Crippen molar-refractivity contribution in [2.24, 2.45) is 0 Å². The van der Waals surface area contributed by atoms with Gasteiger partial charge in [0.05, 0.1) is 16.6 Å². The first kappa shape index (κ1) is 10.9. The van der Waals surface area contributed by atoms with Crippen LogP contribution in [0.3, 0.4) is 0 Å². The molecule has 0 radical (unpaired) electrons. The van der Waals surface area contributed by atoms with E-state index in [-0.39, 0.29) is 6.61 Å². The second kappa shape index (κ2) is 4.58. The van der Waals surface area contributed by atoms with Crippen molar-refractivity contribution in [3.63, 3.8) is 0 Å². The summed E-state index contributed by atoms with van der Waals surface area (Å²) < 4.78 is 1.95. The minimum Gasteiger partial charge on any atom is -0.390 e. The van der Waals surface area contributed by atoms with E-state index in [4.69, 9.17) is 5.11 Å². The average Bonchev–Trinajstić information content (AvgIpc) is 2.83. The van der Waals surface area contributed by atoms with Crippen LogP contribution in [-0.2, 0) is 6.54 Å². The molecule has 0 aliphatic rings. The number of aromatic nitrogens is 3. The Morgan fingerprint density at radius 2 is 2.06 bits per heavy atom. The Kier molecular flexibility index (Phi) is 2.78. The van der Waals surface area contributed by atoms with Crippen LogP contribution in [0.5, 0.6) is 0 Å². The zero-order chi connectivity index (χ0) is 12.4. The molecule has 0 atom stereocenters. The van der Waals surface area contributed by atoms with E-state index in [0.717, 1.165) is 22.4 Å². The first-order valence-corrected chi connectivity index (χ1v) is 5.92. The summed E-state index contributed by atoms with van der Waals surface area (Å²) >= 11 is 0. The van der Waals surface area contributed by atoms with Crippen molar-refractivity contribution in [3.8, 4) is 11.4 Å². The van der Waals surface area contributed by atoms with Crippen LogP contribution in [0.4, 0.5) is 0 Å². The van der Waals surface area contributed by atoms with Gasteiger partial charge < -0.3 is 10.1 Å². The summed E-state index contributed by atoms with van der Waals surface area (Å²) in [7, 11) is 0. The summed E-state index contributed by atoms with van der Waals surface area (Å²) in [6.45, 7) is 0.725. The number of rotatable bonds is 3. The number of nitrogens with one attached hydrogen (secondary N) is 1. The predicted molar refractivity (Wildman–Crippen MR) is 68.8 cm³/mol. The van der Waals surface area contributed by atoms with E-state index in [2.05, 4.69) is 9.97 Å². The monoisotopic (exact) mass is 240 g/mol. The van der Waals surface area contributed by atoms with Gasteiger partial charge in [-0.1, -0.05) is 12.1 Å². The van der Waals surface area contributed by atoms with Crippen LogP contribution in [0.15, 0.2) is 48.8 Å². The van der Waals surface area contributed by atoms with Crippen molar-refractivity contribution in [3.05, 3.63) is 48.8 Å². The molecule has 2 N–H and O–H groups in total. The van der Waals surface area contributed by atoms with Gasteiger partial charge in [-0.2, -0.15) is 0 Å². The van der Waals surface area contributed by atoms with E-state index in [1.165, 1.54) is 0 Å². The van der Waals surface area contributed by atoms with Crippen LogP contribution in [0.25, 0.3) is 22.4 Å². The van der Waals surface area contributed by atoms with Crippen LogP contribution >= 0.6 is 0 Å². The molecule has 1 aromatic carbocycles. The molecule has 18 heavy (non-hydrogen) atoms. The number of hydrogen-bond acceptors (Lipinski definition) is 2. The van der Waals surface area contributed by atoms with E-state index in [0.29, 0.717) is 6.54 Å². The average molecular weight is 240 g/mol. The van der Waals surface area contributed by atoms with Gasteiger partial charge in [-0.25, -0.2) is 9.55 Å². The molecular weight excluding hydrogens is 226 g/mol. The van der Waals surface area contributed by atoms with Crippen LogP contribution in [-0.4, -0.2) is 21.7 Å². The molecule has 0 aliphatic carbocycles. The number of nitrogens with zero attached hydrogens (tertiary/aromatic N) is 2. The molecule has 3 aromatic rings. The normalized spacial score (nSPS) is 10.9. The van der Waals surface area contributed by atoms with E-state index in [1.54, 1.807) is 0 Å². The molecule has 0 bridgehead atoms. The third-order valence-corrected chi connectivity index (χ3v) is 2.88. The first-order chi connectivity index (χ1) is 8.86. The smallest absolute Gasteiger partial charge is 0.179 e. The molecule has 3 rings (SSSR count). The molecule has 4 nitrogen and oxygen atoms in total. The molecule has 0 saturated heterocycles. The largest absolute Gasteiger partial charge is 0.390 e. The molecule has 2 aromatic heterocycles. The van der Waals surface area contributed by atoms with Gasteiger partial charge in [-0.05, 0) is 18.2 Å². The van der Waals surface area contributed by atoms with Crippen molar-refractivity contribution < 1.29 is 9.67 Å². The number of hydrogen-bond donors (Lipinski definition) is 2. The third-order valence-electron chi connectivity index (χ3n) is 2.88. The maximum atomic E-state index is 8.95. The zero-order valence-electron chi connectivity index (χ0n) is 9.87. The molecule has 0 spiro atoms. The van der Waals surface area contributed by atoms with Gasteiger partial charge in [0.1, 0.15) is 12.4 Å². The van der Waals surface area contributed by atoms with Gasteiger partial charge in [0.15, 0.2) is 18.9 Å². The Morgan fingerprint density at radius 1 is 1.17 bits per heavy atom. The number of aromatic amines is 1. The van der Waals surface area contributed by atoms with Crippen molar-refractivity contribution in [2.75, 3.05) is 6.61 Å². The van der Waals surface area contributed by atoms with Crippen LogP contribution in [0.1, 0.15) is 0 Å². The summed E-state index contributed by atoms with van der Waals surface area (Å²) in [4.78, 5) is 7.85. The number of para-hydroxylation sites is 2. The van der Waals surface area contributed by atoms with Gasteiger partial charge in [0.25, 0.3) is 0 Å².